The minimum atomic E-state index is 0. The molecular weight excluding hydrogens is 248 g/mol. The van der Waals surface area contributed by atoms with E-state index in [0.29, 0.717) is 6.04 Å². The first kappa shape index (κ1) is 15.8. The number of nitrogens with one attached hydrogen (secondary N) is 2. The quantitative estimate of drug-likeness (QED) is 0.830. The van der Waals surface area contributed by atoms with Crippen molar-refractivity contribution in [3.63, 3.8) is 0 Å². The molecule has 0 spiro atoms. The number of carbonyl (C=O) groups excluding carboxylic acids is 1. The van der Waals surface area contributed by atoms with E-state index < -0.39 is 0 Å². The number of hydrogen-bond acceptors (Lipinski definition) is 2. The molecule has 0 radical (unpaired) electrons. The highest BCUT2D eigenvalue weighted by Crippen LogP contribution is 2.30. The van der Waals surface area contributed by atoms with Crippen molar-refractivity contribution in [1.82, 2.24) is 10.6 Å². The van der Waals surface area contributed by atoms with Crippen LogP contribution in [-0.2, 0) is 4.79 Å². The summed E-state index contributed by atoms with van der Waals surface area (Å²) in [6.07, 6.45) is 5.92. The molecule has 0 aromatic carbocycles. The summed E-state index contributed by atoms with van der Waals surface area (Å²) in [7, 11) is 0. The summed E-state index contributed by atoms with van der Waals surface area (Å²) in [5.41, 5.74) is 0. The summed E-state index contributed by atoms with van der Waals surface area (Å²) >= 11 is 0. The van der Waals surface area contributed by atoms with Gasteiger partial charge in [0.2, 0.25) is 5.91 Å². The van der Waals surface area contributed by atoms with Gasteiger partial charge in [0.15, 0.2) is 0 Å². The summed E-state index contributed by atoms with van der Waals surface area (Å²) < 4.78 is 0. The Morgan fingerprint density at radius 2 is 1.83 bits per heavy atom. The van der Waals surface area contributed by atoms with Crippen LogP contribution in [0.4, 0.5) is 0 Å². The van der Waals surface area contributed by atoms with Crippen molar-refractivity contribution >= 4 is 18.3 Å². The van der Waals surface area contributed by atoms with Crippen molar-refractivity contribution < 1.29 is 4.79 Å². The summed E-state index contributed by atoms with van der Waals surface area (Å²) in [6, 6.07) is 0.443. The Morgan fingerprint density at radius 3 is 2.33 bits per heavy atom. The predicted octanol–water partition coefficient (Wildman–Crippen LogP) is 2.35. The Hall–Kier alpha value is -0.280. The van der Waals surface area contributed by atoms with Crippen molar-refractivity contribution in [2.24, 2.45) is 17.8 Å². The molecule has 1 heterocycles. The minimum Gasteiger partial charge on any atom is -0.353 e. The SMILES string of the molecule is CC(C)C1CCC(NC(=O)C2CCNC2)CC1.Cl. The van der Waals surface area contributed by atoms with Crippen molar-refractivity contribution in [2.75, 3.05) is 13.1 Å². The van der Waals surface area contributed by atoms with E-state index in [0.717, 1.165) is 31.3 Å². The smallest absolute Gasteiger partial charge is 0.224 e. The molecular formula is C14H27ClN2O. The average molecular weight is 275 g/mol. The highest BCUT2D eigenvalue weighted by molar-refractivity contribution is 5.85. The first-order valence-electron chi connectivity index (χ1n) is 7.18. The zero-order valence-electron chi connectivity index (χ0n) is 11.6. The third kappa shape index (κ3) is 4.13. The topological polar surface area (TPSA) is 41.1 Å². The molecule has 2 fully saturated rings. The highest BCUT2D eigenvalue weighted by Gasteiger charge is 2.27. The van der Waals surface area contributed by atoms with Gasteiger partial charge in [0.1, 0.15) is 0 Å². The van der Waals surface area contributed by atoms with E-state index in [1.165, 1.54) is 25.7 Å². The van der Waals surface area contributed by atoms with Crippen molar-refractivity contribution in [2.45, 2.75) is 52.0 Å². The maximum absolute atomic E-state index is 12.0. The lowest BCUT2D eigenvalue weighted by Crippen LogP contribution is -2.41. The van der Waals surface area contributed by atoms with Gasteiger partial charge in [-0.3, -0.25) is 4.79 Å². The molecule has 2 N–H and O–H groups in total. The average Bonchev–Trinajstić information content (AvgIpc) is 2.83. The van der Waals surface area contributed by atoms with Gasteiger partial charge in [-0.1, -0.05) is 13.8 Å². The molecule has 2 aliphatic rings. The van der Waals surface area contributed by atoms with E-state index in [1.807, 2.05) is 0 Å². The van der Waals surface area contributed by atoms with Crippen LogP contribution < -0.4 is 10.6 Å². The second-order valence-electron chi connectivity index (χ2n) is 6.05. The lowest BCUT2D eigenvalue weighted by molar-refractivity contribution is -0.125. The van der Waals surface area contributed by atoms with Crippen LogP contribution in [0.2, 0.25) is 0 Å². The third-order valence-electron chi connectivity index (χ3n) is 4.49. The lowest BCUT2D eigenvalue weighted by Gasteiger charge is -2.31. The first-order valence-corrected chi connectivity index (χ1v) is 7.18. The highest BCUT2D eigenvalue weighted by atomic mass is 35.5. The van der Waals surface area contributed by atoms with E-state index in [2.05, 4.69) is 24.5 Å². The molecule has 4 heteroatoms. The maximum atomic E-state index is 12.0. The van der Waals surface area contributed by atoms with Gasteiger partial charge < -0.3 is 10.6 Å². The monoisotopic (exact) mass is 274 g/mol. The van der Waals surface area contributed by atoms with Crippen LogP contribution in [-0.4, -0.2) is 25.0 Å². The van der Waals surface area contributed by atoms with E-state index >= 15 is 0 Å². The molecule has 0 bridgehead atoms. The Bertz CT molecular complexity index is 257. The number of hydrogen-bond donors (Lipinski definition) is 2. The van der Waals surface area contributed by atoms with Gasteiger partial charge in [-0.15, -0.1) is 12.4 Å². The van der Waals surface area contributed by atoms with Gasteiger partial charge in [-0.05, 0) is 50.5 Å². The minimum absolute atomic E-state index is 0. The zero-order valence-corrected chi connectivity index (χ0v) is 12.4. The number of halogens is 1. The second kappa shape index (κ2) is 7.34. The summed E-state index contributed by atoms with van der Waals surface area (Å²) in [4.78, 5) is 12.0. The summed E-state index contributed by atoms with van der Waals surface area (Å²) in [5, 5.41) is 6.49. The predicted molar refractivity (Wildman–Crippen MR) is 77.0 cm³/mol. The van der Waals surface area contributed by atoms with Crippen LogP contribution in [0.1, 0.15) is 46.0 Å². The molecule has 18 heavy (non-hydrogen) atoms. The van der Waals surface area contributed by atoms with Gasteiger partial charge in [0.25, 0.3) is 0 Å². The molecule has 106 valence electrons. The molecule has 1 saturated carbocycles. The van der Waals surface area contributed by atoms with E-state index in [9.17, 15) is 4.79 Å². The fraction of sp³-hybridized carbons (Fsp3) is 0.929. The Morgan fingerprint density at radius 1 is 1.17 bits per heavy atom. The van der Waals surface area contributed by atoms with Gasteiger partial charge >= 0.3 is 0 Å². The molecule has 1 unspecified atom stereocenters. The molecule has 0 aromatic rings. The van der Waals surface area contributed by atoms with Crippen LogP contribution in [0.3, 0.4) is 0 Å². The van der Waals surface area contributed by atoms with Gasteiger partial charge in [-0.25, -0.2) is 0 Å². The van der Waals surface area contributed by atoms with Gasteiger partial charge in [0.05, 0.1) is 5.92 Å². The summed E-state index contributed by atoms with van der Waals surface area (Å²) in [6.45, 7) is 6.49. The van der Waals surface area contributed by atoms with Crippen LogP contribution in [0, 0.1) is 17.8 Å². The molecule has 2 rings (SSSR count). The van der Waals surface area contributed by atoms with Crippen molar-refractivity contribution in [3.05, 3.63) is 0 Å². The van der Waals surface area contributed by atoms with Crippen molar-refractivity contribution in [1.29, 1.82) is 0 Å². The molecule has 1 saturated heterocycles. The Balaban J connectivity index is 0.00000162. The standard InChI is InChI=1S/C14H26N2O.ClH/c1-10(2)11-3-5-13(6-4-11)16-14(17)12-7-8-15-9-12;/h10-13,15H,3-9H2,1-2H3,(H,16,17);1H. The normalized spacial score (nSPS) is 32.1. The number of rotatable bonds is 3. The second-order valence-corrected chi connectivity index (χ2v) is 6.05. The molecule has 0 aromatic heterocycles. The zero-order chi connectivity index (χ0) is 12.3. The van der Waals surface area contributed by atoms with Crippen LogP contribution in [0.15, 0.2) is 0 Å². The Labute approximate surface area is 117 Å². The number of carbonyl (C=O) groups is 1. The first-order chi connectivity index (χ1) is 8.16. The van der Waals surface area contributed by atoms with Crippen LogP contribution in [0.25, 0.3) is 0 Å². The molecule has 3 nitrogen and oxygen atoms in total. The fourth-order valence-electron chi connectivity index (χ4n) is 3.13. The summed E-state index contributed by atoms with van der Waals surface area (Å²) in [5.74, 6) is 2.17. The fourth-order valence-corrected chi connectivity index (χ4v) is 3.13. The van der Waals surface area contributed by atoms with E-state index in [1.54, 1.807) is 0 Å². The van der Waals surface area contributed by atoms with Crippen LogP contribution in [0.5, 0.6) is 0 Å². The molecule has 1 amide bonds. The largest absolute Gasteiger partial charge is 0.353 e. The van der Waals surface area contributed by atoms with Gasteiger partial charge in [0, 0.05) is 12.6 Å². The molecule has 1 aliphatic carbocycles. The molecule has 1 aliphatic heterocycles. The molecule has 1 atom stereocenters. The van der Waals surface area contributed by atoms with E-state index in [-0.39, 0.29) is 24.2 Å². The number of amides is 1. The van der Waals surface area contributed by atoms with Gasteiger partial charge in [-0.2, -0.15) is 0 Å². The third-order valence-corrected chi connectivity index (χ3v) is 4.49. The lowest BCUT2D eigenvalue weighted by atomic mass is 9.79. The van der Waals surface area contributed by atoms with E-state index in [4.69, 9.17) is 0 Å². The van der Waals surface area contributed by atoms with Crippen molar-refractivity contribution in [3.8, 4) is 0 Å². The van der Waals surface area contributed by atoms with Crippen LogP contribution >= 0.6 is 12.4 Å². The maximum Gasteiger partial charge on any atom is 0.224 e. The Kier molecular flexibility index (Phi) is 6.44.